The van der Waals surface area contributed by atoms with Gasteiger partial charge in [-0.15, -0.1) is 0 Å². The highest BCUT2D eigenvalue weighted by atomic mass is 16.5. The van der Waals surface area contributed by atoms with Crippen LogP contribution in [0.4, 0.5) is 0 Å². The lowest BCUT2D eigenvalue weighted by atomic mass is 10.1. The summed E-state index contributed by atoms with van der Waals surface area (Å²) in [4.78, 5) is 5.08. The maximum Gasteiger partial charge on any atom is 0.123 e. The Morgan fingerprint density at radius 1 is 1.24 bits per heavy atom. The van der Waals surface area contributed by atoms with E-state index >= 15 is 0 Å². The maximum absolute atomic E-state index is 6.05. The Bertz CT molecular complexity index is 428. The van der Waals surface area contributed by atoms with Crippen molar-refractivity contribution in [1.82, 2.24) is 9.80 Å². The standard InChI is InChI=1S/C17H27N3O/c1-2-15(12-18)20-9-7-19(8-10-20)13-16-11-14-5-3-4-6-17(14)21-16/h3-6,15-16H,2,7-13,18H2,1H3. The molecule has 2 atom stereocenters. The van der Waals surface area contributed by atoms with Crippen molar-refractivity contribution in [2.45, 2.75) is 31.9 Å². The number of ether oxygens (including phenoxy) is 1. The molecule has 4 heteroatoms. The second kappa shape index (κ2) is 6.77. The molecule has 21 heavy (non-hydrogen) atoms. The summed E-state index contributed by atoms with van der Waals surface area (Å²) in [6, 6.07) is 8.97. The summed E-state index contributed by atoms with van der Waals surface area (Å²) < 4.78 is 6.05. The lowest BCUT2D eigenvalue weighted by Crippen LogP contribution is -2.53. The molecule has 0 bridgehead atoms. The zero-order chi connectivity index (χ0) is 14.7. The number of nitrogens with zero attached hydrogens (tertiary/aromatic N) is 2. The topological polar surface area (TPSA) is 41.7 Å². The molecule has 1 fully saturated rings. The molecule has 116 valence electrons. The van der Waals surface area contributed by atoms with Gasteiger partial charge in [-0.05, 0) is 18.1 Å². The minimum atomic E-state index is 0.324. The van der Waals surface area contributed by atoms with Gasteiger partial charge in [0.2, 0.25) is 0 Å². The van der Waals surface area contributed by atoms with E-state index in [2.05, 4.69) is 41.0 Å². The van der Waals surface area contributed by atoms with Gasteiger partial charge in [-0.1, -0.05) is 25.1 Å². The summed E-state index contributed by atoms with van der Waals surface area (Å²) in [6.07, 6.45) is 2.53. The van der Waals surface area contributed by atoms with Gasteiger partial charge in [0.05, 0.1) is 0 Å². The fraction of sp³-hybridized carbons (Fsp3) is 0.647. The van der Waals surface area contributed by atoms with Gasteiger partial charge in [0.25, 0.3) is 0 Å². The summed E-state index contributed by atoms with van der Waals surface area (Å²) in [5.74, 6) is 1.08. The van der Waals surface area contributed by atoms with Crippen molar-refractivity contribution in [3.8, 4) is 5.75 Å². The van der Waals surface area contributed by atoms with Crippen LogP contribution in [0, 0.1) is 0 Å². The highest BCUT2D eigenvalue weighted by Gasteiger charge is 2.27. The Balaban J connectivity index is 1.47. The van der Waals surface area contributed by atoms with E-state index in [1.807, 2.05) is 0 Å². The normalized spacial score (nSPS) is 24.6. The predicted octanol–water partition coefficient (Wildman–Crippen LogP) is 1.35. The van der Waals surface area contributed by atoms with Crippen LogP contribution >= 0.6 is 0 Å². The van der Waals surface area contributed by atoms with Crippen LogP contribution in [0.3, 0.4) is 0 Å². The highest BCUT2D eigenvalue weighted by molar-refractivity contribution is 5.37. The van der Waals surface area contributed by atoms with Crippen LogP contribution in [-0.4, -0.2) is 61.2 Å². The molecule has 4 nitrogen and oxygen atoms in total. The average molecular weight is 289 g/mol. The summed E-state index contributed by atoms with van der Waals surface area (Å²) in [5.41, 5.74) is 7.21. The van der Waals surface area contributed by atoms with Gasteiger partial charge in [-0.3, -0.25) is 9.80 Å². The van der Waals surface area contributed by atoms with Gasteiger partial charge >= 0.3 is 0 Å². The van der Waals surface area contributed by atoms with Crippen LogP contribution in [0.1, 0.15) is 18.9 Å². The number of para-hydroxylation sites is 1. The van der Waals surface area contributed by atoms with Crippen LogP contribution in [0.25, 0.3) is 0 Å². The van der Waals surface area contributed by atoms with E-state index in [9.17, 15) is 0 Å². The molecule has 0 aliphatic carbocycles. The van der Waals surface area contributed by atoms with Gasteiger partial charge in [0.15, 0.2) is 0 Å². The molecule has 2 unspecified atom stereocenters. The highest BCUT2D eigenvalue weighted by Crippen LogP contribution is 2.28. The van der Waals surface area contributed by atoms with Crippen LogP contribution in [-0.2, 0) is 6.42 Å². The van der Waals surface area contributed by atoms with Gasteiger partial charge < -0.3 is 10.5 Å². The van der Waals surface area contributed by atoms with Crippen molar-refractivity contribution in [2.24, 2.45) is 5.73 Å². The lowest BCUT2D eigenvalue weighted by Gasteiger charge is -2.39. The molecule has 1 saturated heterocycles. The third-order valence-electron chi connectivity index (χ3n) is 4.84. The molecule has 0 saturated carbocycles. The molecule has 2 heterocycles. The molecule has 2 aliphatic heterocycles. The van der Waals surface area contributed by atoms with Crippen molar-refractivity contribution < 1.29 is 4.74 Å². The first-order valence-electron chi connectivity index (χ1n) is 8.21. The summed E-state index contributed by atoms with van der Waals surface area (Å²) >= 11 is 0. The first-order chi connectivity index (χ1) is 10.3. The number of fused-ring (bicyclic) bond motifs is 1. The van der Waals surface area contributed by atoms with Crippen molar-refractivity contribution in [3.05, 3.63) is 29.8 Å². The molecule has 1 aromatic rings. The zero-order valence-electron chi connectivity index (χ0n) is 13.0. The van der Waals surface area contributed by atoms with Crippen LogP contribution in [0.2, 0.25) is 0 Å². The Labute approximate surface area is 127 Å². The van der Waals surface area contributed by atoms with Gasteiger partial charge in [0.1, 0.15) is 11.9 Å². The number of piperazine rings is 1. The number of nitrogens with two attached hydrogens (primary N) is 1. The summed E-state index contributed by atoms with van der Waals surface area (Å²) in [6.45, 7) is 8.58. The Morgan fingerprint density at radius 3 is 2.67 bits per heavy atom. The third kappa shape index (κ3) is 3.39. The Morgan fingerprint density at radius 2 is 2.00 bits per heavy atom. The van der Waals surface area contributed by atoms with Crippen molar-refractivity contribution in [3.63, 3.8) is 0 Å². The van der Waals surface area contributed by atoms with E-state index in [1.54, 1.807) is 0 Å². The van der Waals surface area contributed by atoms with Crippen LogP contribution < -0.4 is 10.5 Å². The predicted molar refractivity (Wildman–Crippen MR) is 85.7 cm³/mol. The third-order valence-corrected chi connectivity index (χ3v) is 4.84. The van der Waals surface area contributed by atoms with Gasteiger partial charge in [-0.25, -0.2) is 0 Å². The van der Waals surface area contributed by atoms with E-state index < -0.39 is 0 Å². The van der Waals surface area contributed by atoms with E-state index in [-0.39, 0.29) is 0 Å². The minimum Gasteiger partial charge on any atom is -0.488 e. The van der Waals surface area contributed by atoms with Crippen LogP contribution in [0.5, 0.6) is 5.75 Å². The second-order valence-electron chi connectivity index (χ2n) is 6.19. The number of rotatable bonds is 5. The number of hydrogen-bond acceptors (Lipinski definition) is 4. The average Bonchev–Trinajstić information content (AvgIpc) is 2.92. The Kier molecular flexibility index (Phi) is 4.78. The second-order valence-corrected chi connectivity index (χ2v) is 6.19. The van der Waals surface area contributed by atoms with Gasteiger partial charge in [-0.2, -0.15) is 0 Å². The molecule has 0 amide bonds. The smallest absolute Gasteiger partial charge is 0.123 e. The molecular weight excluding hydrogens is 262 g/mol. The van der Waals surface area contributed by atoms with E-state index in [0.717, 1.165) is 57.9 Å². The molecule has 0 spiro atoms. The molecule has 2 N–H and O–H groups in total. The molecule has 0 radical (unpaired) electrons. The maximum atomic E-state index is 6.05. The largest absolute Gasteiger partial charge is 0.488 e. The molecule has 3 rings (SSSR count). The van der Waals surface area contributed by atoms with E-state index in [4.69, 9.17) is 10.5 Å². The fourth-order valence-electron chi connectivity index (χ4n) is 3.53. The number of benzene rings is 1. The quantitative estimate of drug-likeness (QED) is 0.888. The molecule has 0 aromatic heterocycles. The molecule has 1 aromatic carbocycles. The van der Waals surface area contributed by atoms with Crippen molar-refractivity contribution in [1.29, 1.82) is 0 Å². The lowest BCUT2D eigenvalue weighted by molar-refractivity contribution is 0.0707. The molecule has 2 aliphatic rings. The van der Waals surface area contributed by atoms with E-state index in [1.165, 1.54) is 5.56 Å². The number of hydrogen-bond donors (Lipinski definition) is 1. The van der Waals surface area contributed by atoms with Crippen LogP contribution in [0.15, 0.2) is 24.3 Å². The van der Waals surface area contributed by atoms with E-state index in [0.29, 0.717) is 12.1 Å². The van der Waals surface area contributed by atoms with Crippen molar-refractivity contribution >= 4 is 0 Å². The summed E-state index contributed by atoms with van der Waals surface area (Å²) in [5, 5.41) is 0. The first kappa shape index (κ1) is 14.8. The monoisotopic (exact) mass is 289 g/mol. The SMILES string of the molecule is CCC(CN)N1CCN(CC2Cc3ccccc3O2)CC1. The summed E-state index contributed by atoms with van der Waals surface area (Å²) in [7, 11) is 0. The van der Waals surface area contributed by atoms with Gasteiger partial charge in [0, 0.05) is 51.7 Å². The zero-order valence-corrected chi connectivity index (χ0v) is 13.0. The Hall–Kier alpha value is -1.10. The fourth-order valence-corrected chi connectivity index (χ4v) is 3.53. The first-order valence-corrected chi connectivity index (χ1v) is 8.21. The minimum absolute atomic E-state index is 0.324. The molecular formula is C17H27N3O. The van der Waals surface area contributed by atoms with Crippen molar-refractivity contribution in [2.75, 3.05) is 39.3 Å².